The summed E-state index contributed by atoms with van der Waals surface area (Å²) in [5.74, 6) is 0. The molecule has 0 radical (unpaired) electrons. The molecule has 3 nitrogen and oxygen atoms in total. The molecule has 0 aliphatic rings. The molecule has 1 aromatic carbocycles. The zero-order chi connectivity index (χ0) is 22.1. The molecule has 158 valence electrons. The molecule has 0 amide bonds. The number of nitrogens with zero attached hydrogens (tertiary/aromatic N) is 3. The molecule has 0 atom stereocenters. The summed E-state index contributed by atoms with van der Waals surface area (Å²) >= 11 is 0. The van der Waals surface area contributed by atoms with Crippen LogP contribution in [0.1, 0.15) is 79.0 Å². The highest BCUT2D eigenvalue weighted by atomic mass is 32.0. The molecule has 28 heavy (non-hydrogen) atoms. The van der Waals surface area contributed by atoms with Gasteiger partial charge in [0, 0.05) is 7.89 Å². The van der Waals surface area contributed by atoms with Crippen molar-refractivity contribution >= 4 is 27.2 Å². The predicted octanol–water partition coefficient (Wildman–Crippen LogP) is 7.41. The second-order valence-electron chi connectivity index (χ2n) is 11.0. The van der Waals surface area contributed by atoms with Crippen LogP contribution in [0.15, 0.2) is 16.9 Å². The van der Waals surface area contributed by atoms with E-state index < -0.39 is 0 Å². The van der Waals surface area contributed by atoms with Gasteiger partial charge >= 0.3 is 0 Å². The van der Waals surface area contributed by atoms with Crippen LogP contribution in [0.3, 0.4) is 0 Å². The van der Waals surface area contributed by atoms with Gasteiger partial charge in [-0.05, 0) is 61.1 Å². The molecule has 0 aliphatic heterocycles. The summed E-state index contributed by atoms with van der Waals surface area (Å²) in [6.07, 6.45) is 0. The van der Waals surface area contributed by atoms with Crippen LogP contribution in [0.2, 0.25) is 0 Å². The summed E-state index contributed by atoms with van der Waals surface area (Å²) in [5, 5.41) is 0. The first-order valence-electron chi connectivity index (χ1n) is 9.99. The van der Waals surface area contributed by atoms with E-state index in [0.29, 0.717) is 0 Å². The Labute approximate surface area is 177 Å². The molecule has 0 N–H and O–H groups in total. The lowest BCUT2D eigenvalue weighted by Gasteiger charge is -2.32. The van der Waals surface area contributed by atoms with E-state index in [-0.39, 0.29) is 16.2 Å². The quantitative estimate of drug-likeness (QED) is 0.471. The first kappa shape index (κ1) is 25.4. The highest BCUT2D eigenvalue weighted by Gasteiger charge is 2.29. The molecule has 0 aromatic heterocycles. The molecular weight excluding hydrogens is 380 g/mol. The molecule has 0 heterocycles. The van der Waals surface area contributed by atoms with Crippen LogP contribution >= 0.6 is 16.0 Å². The maximum Gasteiger partial charge on any atom is 0.0960 e. The van der Waals surface area contributed by atoms with Crippen LogP contribution in [0.5, 0.6) is 0 Å². The van der Waals surface area contributed by atoms with Crippen LogP contribution in [0.4, 0.5) is 5.69 Å². The van der Waals surface area contributed by atoms with E-state index in [0.717, 1.165) is 8.06 Å². The molecule has 0 bridgehead atoms. The van der Waals surface area contributed by atoms with Crippen molar-refractivity contribution in [3.05, 3.63) is 28.8 Å². The fourth-order valence-corrected chi connectivity index (χ4v) is 5.51. The van der Waals surface area contributed by atoms with Crippen molar-refractivity contribution in [3.8, 4) is 0 Å². The Kier molecular flexibility index (Phi) is 8.22. The zero-order valence-electron chi connectivity index (χ0n) is 20.4. The van der Waals surface area contributed by atoms with Gasteiger partial charge in [0.25, 0.3) is 0 Å². The van der Waals surface area contributed by atoms with Gasteiger partial charge in [0.15, 0.2) is 0 Å². The number of hydrogen-bond donors (Lipinski definition) is 0. The molecule has 1 aromatic rings. The lowest BCUT2D eigenvalue weighted by molar-refractivity contribution is 0.500. The summed E-state index contributed by atoms with van der Waals surface area (Å²) in [4.78, 5) is 4.34. The maximum atomic E-state index is 5.15. The average molecular weight is 422 g/mol. The minimum absolute atomic E-state index is 0.0438. The SMILES string of the molecule is CN(C)C(=PP=Nc1c(C(C)(C)C)cc(C(C)(C)C)cc1C(C)(C)C)N(C)C. The molecule has 0 spiro atoms. The van der Waals surface area contributed by atoms with Crippen molar-refractivity contribution in [1.82, 2.24) is 9.80 Å². The van der Waals surface area contributed by atoms with E-state index in [1.54, 1.807) is 0 Å². The molecule has 0 fully saturated rings. The smallest absolute Gasteiger partial charge is 0.0960 e. The summed E-state index contributed by atoms with van der Waals surface area (Å²) in [7, 11) is 10.6. The fraction of sp³-hybridized carbons (Fsp3) is 0.696. The van der Waals surface area contributed by atoms with E-state index in [1.807, 2.05) is 0 Å². The minimum atomic E-state index is 0.0438. The summed E-state index contributed by atoms with van der Waals surface area (Å²) in [6.45, 7) is 20.7. The second-order valence-corrected chi connectivity index (χ2v) is 13.2. The predicted molar refractivity (Wildman–Crippen MR) is 131 cm³/mol. The van der Waals surface area contributed by atoms with Gasteiger partial charge in [0.05, 0.1) is 19.3 Å². The van der Waals surface area contributed by atoms with Crippen LogP contribution in [0, 0.1) is 0 Å². The summed E-state index contributed by atoms with van der Waals surface area (Å²) in [5.41, 5.74) is 6.73. The lowest BCUT2D eigenvalue weighted by atomic mass is 9.74. The Bertz CT molecular complexity index is 696. The highest BCUT2D eigenvalue weighted by molar-refractivity contribution is 8.06. The molecule has 0 saturated heterocycles. The van der Waals surface area contributed by atoms with Crippen molar-refractivity contribution < 1.29 is 0 Å². The Morgan fingerprint density at radius 2 is 1.11 bits per heavy atom. The molecule has 1 rings (SSSR count). The van der Waals surface area contributed by atoms with E-state index >= 15 is 0 Å². The monoisotopic (exact) mass is 421 g/mol. The van der Waals surface area contributed by atoms with Gasteiger partial charge in [-0.25, -0.2) is 4.74 Å². The average Bonchev–Trinajstić information content (AvgIpc) is 2.47. The van der Waals surface area contributed by atoms with Crippen LogP contribution in [0.25, 0.3) is 0 Å². The number of benzene rings is 1. The van der Waals surface area contributed by atoms with E-state index in [2.05, 4.69) is 112 Å². The van der Waals surface area contributed by atoms with Crippen LogP contribution in [-0.4, -0.2) is 43.5 Å². The van der Waals surface area contributed by atoms with Crippen molar-refractivity contribution in [2.75, 3.05) is 28.2 Å². The van der Waals surface area contributed by atoms with E-state index in [1.165, 1.54) is 35.8 Å². The topological polar surface area (TPSA) is 18.8 Å². The highest BCUT2D eigenvalue weighted by Crippen LogP contribution is 2.45. The second kappa shape index (κ2) is 9.05. The lowest BCUT2D eigenvalue weighted by Crippen LogP contribution is -2.33. The van der Waals surface area contributed by atoms with E-state index in [9.17, 15) is 0 Å². The zero-order valence-corrected chi connectivity index (χ0v) is 22.2. The summed E-state index contributed by atoms with van der Waals surface area (Å²) in [6, 6.07) is 4.78. The Morgan fingerprint density at radius 3 is 1.39 bits per heavy atom. The van der Waals surface area contributed by atoms with Crippen molar-refractivity contribution in [3.63, 3.8) is 0 Å². The summed E-state index contributed by atoms with van der Waals surface area (Å²) < 4.78 is 5.15. The van der Waals surface area contributed by atoms with Crippen molar-refractivity contribution in [2.24, 2.45) is 4.74 Å². The van der Waals surface area contributed by atoms with Gasteiger partial charge in [0.2, 0.25) is 0 Å². The van der Waals surface area contributed by atoms with Crippen molar-refractivity contribution in [2.45, 2.75) is 78.6 Å². The largest absolute Gasteiger partial charge is 0.268 e. The van der Waals surface area contributed by atoms with E-state index in [4.69, 9.17) is 4.74 Å². The first-order chi connectivity index (χ1) is 12.5. The Balaban J connectivity index is 3.76. The molecule has 0 aliphatic carbocycles. The molecule has 0 saturated carbocycles. The Morgan fingerprint density at radius 1 is 0.714 bits per heavy atom. The molecule has 0 unspecified atom stereocenters. The van der Waals surface area contributed by atoms with Gasteiger partial charge in [-0.1, -0.05) is 74.4 Å². The first-order valence-corrected chi connectivity index (χ1v) is 12.4. The third-order valence-electron chi connectivity index (χ3n) is 4.67. The normalized spacial score (nSPS) is 14.0. The van der Waals surface area contributed by atoms with Gasteiger partial charge in [-0.15, -0.1) is 0 Å². The number of rotatable bonds is 4. The van der Waals surface area contributed by atoms with Crippen molar-refractivity contribution in [1.29, 1.82) is 0 Å². The third-order valence-corrected chi connectivity index (χ3v) is 7.10. The fourth-order valence-electron chi connectivity index (χ4n) is 3.00. The van der Waals surface area contributed by atoms with Gasteiger partial charge in [0.1, 0.15) is 0 Å². The molecule has 5 heteroatoms. The third kappa shape index (κ3) is 6.74. The van der Waals surface area contributed by atoms with Gasteiger partial charge < -0.3 is 0 Å². The van der Waals surface area contributed by atoms with Crippen LogP contribution < -0.4 is 0 Å². The minimum Gasteiger partial charge on any atom is -0.268 e. The Hall–Kier alpha value is -0.590. The van der Waals surface area contributed by atoms with Gasteiger partial charge in [-0.3, -0.25) is 9.80 Å². The van der Waals surface area contributed by atoms with Crippen LogP contribution in [-0.2, 0) is 16.2 Å². The van der Waals surface area contributed by atoms with Gasteiger partial charge in [-0.2, -0.15) is 0 Å². The maximum absolute atomic E-state index is 5.15. The number of hydrogen-bond acceptors (Lipinski definition) is 1. The standard InChI is InChI=1S/C23H41N3P2/c1-21(2,3)16-14-17(22(4,5)6)19(18(15-16)23(7,8)9)24-28-27-20(25(10)11)26(12)13/h14-15H,1-13H3. The molecular formula is C23H41N3P2.